The van der Waals surface area contributed by atoms with Crippen molar-refractivity contribution in [2.45, 2.75) is 65.4 Å². The Bertz CT molecular complexity index is 692. The molecule has 0 aliphatic carbocycles. The van der Waals surface area contributed by atoms with Gasteiger partial charge < -0.3 is 14.6 Å². The number of ether oxygens (including phenoxy) is 1. The van der Waals surface area contributed by atoms with Crippen LogP contribution in [0.15, 0.2) is 53.6 Å². The molecule has 1 aromatic carbocycles. The van der Waals surface area contributed by atoms with Crippen molar-refractivity contribution in [1.29, 1.82) is 0 Å². The zero-order valence-corrected chi connectivity index (χ0v) is 20.3. The lowest BCUT2D eigenvalue weighted by Gasteiger charge is -2.21. The van der Waals surface area contributed by atoms with Crippen LogP contribution in [-0.4, -0.2) is 37.9 Å². The second-order valence-electron chi connectivity index (χ2n) is 7.92. The predicted octanol–water partition coefficient (Wildman–Crippen LogP) is 5.74. The fourth-order valence-electron chi connectivity index (χ4n) is 3.47. The predicted molar refractivity (Wildman–Crippen MR) is 130 cm³/mol. The van der Waals surface area contributed by atoms with Gasteiger partial charge in [-0.05, 0) is 70.7 Å². The van der Waals surface area contributed by atoms with Gasteiger partial charge in [0, 0.05) is 6.16 Å². The minimum atomic E-state index is -1.03. The molecule has 1 aliphatic heterocycles. The standard InChI is InChI=1S/C25H39N2O3P/c1-4-22(5-2)12-9-11-21(3)20-31(30-24-13-7-6-8-14-24)27-19-25(28)29-23-15-10-17-26-18-16-23/h6-8,11-14,23,26-27H,4-5,9-10,15-20H2,1-3H3/b21-11+. The van der Waals surface area contributed by atoms with Crippen LogP contribution in [0, 0.1) is 0 Å². The highest BCUT2D eigenvalue weighted by atomic mass is 31.2. The summed E-state index contributed by atoms with van der Waals surface area (Å²) in [6, 6.07) is 9.79. The number of allylic oxidation sites excluding steroid dienone is 4. The molecule has 0 spiro atoms. The number of esters is 1. The molecular weight excluding hydrogens is 407 g/mol. The van der Waals surface area contributed by atoms with Crippen LogP contribution in [0.3, 0.4) is 0 Å². The van der Waals surface area contributed by atoms with E-state index in [0.29, 0.717) is 0 Å². The summed E-state index contributed by atoms with van der Waals surface area (Å²) >= 11 is 0. The number of benzene rings is 1. The fourth-order valence-corrected chi connectivity index (χ4v) is 4.98. The van der Waals surface area contributed by atoms with Gasteiger partial charge >= 0.3 is 5.97 Å². The molecule has 2 N–H and O–H groups in total. The highest BCUT2D eigenvalue weighted by Gasteiger charge is 2.19. The zero-order chi connectivity index (χ0) is 22.3. The van der Waals surface area contributed by atoms with Gasteiger partial charge in [-0.25, -0.2) is 0 Å². The van der Waals surface area contributed by atoms with Gasteiger partial charge in [0.15, 0.2) is 8.30 Å². The van der Waals surface area contributed by atoms with E-state index in [1.165, 1.54) is 11.1 Å². The Morgan fingerprint density at radius 3 is 2.68 bits per heavy atom. The molecule has 1 fully saturated rings. The molecule has 1 saturated heterocycles. The molecule has 6 heteroatoms. The topological polar surface area (TPSA) is 59.6 Å². The van der Waals surface area contributed by atoms with Crippen LogP contribution in [-0.2, 0) is 9.53 Å². The summed E-state index contributed by atoms with van der Waals surface area (Å²) in [5.41, 5.74) is 2.75. The lowest BCUT2D eigenvalue weighted by Crippen LogP contribution is -2.28. The molecule has 2 atom stereocenters. The Labute approximate surface area is 189 Å². The van der Waals surface area contributed by atoms with E-state index >= 15 is 0 Å². The van der Waals surface area contributed by atoms with E-state index < -0.39 is 8.30 Å². The van der Waals surface area contributed by atoms with Crippen LogP contribution in [0.1, 0.15) is 59.3 Å². The van der Waals surface area contributed by atoms with Gasteiger partial charge in [-0.3, -0.25) is 9.88 Å². The molecule has 1 aromatic rings. The maximum atomic E-state index is 12.4. The fraction of sp³-hybridized carbons (Fsp3) is 0.560. The van der Waals surface area contributed by atoms with E-state index in [4.69, 9.17) is 9.26 Å². The maximum Gasteiger partial charge on any atom is 0.320 e. The molecule has 0 radical (unpaired) electrons. The van der Waals surface area contributed by atoms with E-state index in [0.717, 1.165) is 63.5 Å². The minimum Gasteiger partial charge on any atom is -0.461 e. The molecule has 2 rings (SSSR count). The third kappa shape index (κ3) is 11.0. The van der Waals surface area contributed by atoms with Crippen LogP contribution in [0.5, 0.6) is 5.75 Å². The van der Waals surface area contributed by atoms with Gasteiger partial charge in [-0.1, -0.05) is 55.3 Å². The number of rotatable bonds is 12. The highest BCUT2D eigenvalue weighted by molar-refractivity contribution is 7.51. The summed E-state index contributed by atoms with van der Waals surface area (Å²) in [4.78, 5) is 12.4. The van der Waals surface area contributed by atoms with Gasteiger partial charge in [-0.2, -0.15) is 0 Å². The van der Waals surface area contributed by atoms with Gasteiger partial charge in [0.05, 0.1) is 0 Å². The molecule has 1 heterocycles. The summed E-state index contributed by atoms with van der Waals surface area (Å²) in [6.45, 7) is 8.62. The number of nitrogens with one attached hydrogen (secondary N) is 2. The Morgan fingerprint density at radius 1 is 1.16 bits per heavy atom. The first-order chi connectivity index (χ1) is 15.1. The Balaban J connectivity index is 1.91. The van der Waals surface area contributed by atoms with E-state index in [-0.39, 0.29) is 18.6 Å². The molecule has 0 amide bonds. The van der Waals surface area contributed by atoms with Crippen LogP contribution >= 0.6 is 8.30 Å². The van der Waals surface area contributed by atoms with Crippen molar-refractivity contribution in [1.82, 2.24) is 10.4 Å². The van der Waals surface area contributed by atoms with E-state index in [1.54, 1.807) is 0 Å². The lowest BCUT2D eigenvalue weighted by atomic mass is 10.1. The number of hydrogen-bond donors (Lipinski definition) is 2. The minimum absolute atomic E-state index is 0.0188. The van der Waals surface area contributed by atoms with Crippen LogP contribution in [0.2, 0.25) is 0 Å². The van der Waals surface area contributed by atoms with Crippen molar-refractivity contribution < 1.29 is 14.1 Å². The first kappa shape index (κ1) is 25.6. The molecule has 0 aromatic heterocycles. The first-order valence-electron chi connectivity index (χ1n) is 11.6. The van der Waals surface area contributed by atoms with Crippen LogP contribution < -0.4 is 14.9 Å². The zero-order valence-electron chi connectivity index (χ0n) is 19.4. The van der Waals surface area contributed by atoms with Crippen molar-refractivity contribution in [2.75, 3.05) is 25.8 Å². The van der Waals surface area contributed by atoms with Gasteiger partial charge in [-0.15, -0.1) is 0 Å². The molecule has 31 heavy (non-hydrogen) atoms. The Morgan fingerprint density at radius 2 is 1.94 bits per heavy atom. The molecule has 5 nitrogen and oxygen atoms in total. The number of hydrogen-bond acceptors (Lipinski definition) is 5. The van der Waals surface area contributed by atoms with Crippen molar-refractivity contribution in [3.05, 3.63) is 53.6 Å². The van der Waals surface area contributed by atoms with E-state index in [1.807, 2.05) is 30.3 Å². The third-order valence-electron chi connectivity index (χ3n) is 5.35. The number of para-hydroxylation sites is 1. The average molecular weight is 447 g/mol. The quantitative estimate of drug-likeness (QED) is 0.244. The largest absolute Gasteiger partial charge is 0.461 e. The summed E-state index contributed by atoms with van der Waals surface area (Å²) in [5, 5.41) is 6.67. The lowest BCUT2D eigenvalue weighted by molar-refractivity contribution is -0.148. The van der Waals surface area contributed by atoms with Gasteiger partial charge in [0.2, 0.25) is 0 Å². The second-order valence-corrected chi connectivity index (χ2v) is 9.50. The van der Waals surface area contributed by atoms with Crippen molar-refractivity contribution >= 4 is 14.3 Å². The van der Waals surface area contributed by atoms with E-state index in [2.05, 4.69) is 43.3 Å². The second kappa shape index (κ2) is 15.2. The first-order valence-corrected chi connectivity index (χ1v) is 13.0. The van der Waals surface area contributed by atoms with Gasteiger partial charge in [0.1, 0.15) is 18.4 Å². The molecule has 1 aliphatic rings. The van der Waals surface area contributed by atoms with Crippen LogP contribution in [0.25, 0.3) is 0 Å². The number of carbonyl (C=O) groups excluding carboxylic acids is 1. The Kier molecular flexibility index (Phi) is 12.5. The molecule has 0 saturated carbocycles. The average Bonchev–Trinajstić information content (AvgIpc) is 3.04. The van der Waals surface area contributed by atoms with Crippen LogP contribution in [0.4, 0.5) is 0 Å². The third-order valence-corrected chi connectivity index (χ3v) is 7.08. The molecule has 0 bridgehead atoms. The Hall–Kier alpha value is -1.68. The summed E-state index contributed by atoms with van der Waals surface area (Å²) in [5.74, 6) is 0.618. The maximum absolute atomic E-state index is 12.4. The summed E-state index contributed by atoms with van der Waals surface area (Å²) in [7, 11) is -1.03. The summed E-state index contributed by atoms with van der Waals surface area (Å²) < 4.78 is 11.9. The van der Waals surface area contributed by atoms with Crippen molar-refractivity contribution in [3.63, 3.8) is 0 Å². The molecular formula is C25H39N2O3P. The SMILES string of the molecule is CCC(=CC/C=C(\C)CP(NCC(=O)OC1CCCNCC1)Oc1ccccc1)CC. The molecule has 2 unspecified atom stereocenters. The van der Waals surface area contributed by atoms with Crippen molar-refractivity contribution in [3.8, 4) is 5.75 Å². The highest BCUT2D eigenvalue weighted by Crippen LogP contribution is 2.36. The van der Waals surface area contributed by atoms with E-state index in [9.17, 15) is 4.79 Å². The van der Waals surface area contributed by atoms with Crippen molar-refractivity contribution in [2.24, 2.45) is 0 Å². The summed E-state index contributed by atoms with van der Waals surface area (Å²) in [6.07, 6.45) is 11.4. The molecule has 172 valence electrons. The number of carbonyl (C=O) groups is 1. The normalized spacial score (nSPS) is 18.0. The monoisotopic (exact) mass is 446 g/mol. The van der Waals surface area contributed by atoms with Gasteiger partial charge in [0.25, 0.3) is 0 Å². The smallest absolute Gasteiger partial charge is 0.320 e.